The fraction of sp³-hybridized carbons (Fsp3) is 0.450. The lowest BCUT2D eigenvalue weighted by atomic mass is 9.89. The second kappa shape index (κ2) is 8.17. The number of benzene rings is 1. The first-order valence-electron chi connectivity index (χ1n) is 9.43. The molecule has 4 rings (SSSR count). The van der Waals surface area contributed by atoms with Crippen LogP contribution in [-0.2, 0) is 4.79 Å². The summed E-state index contributed by atoms with van der Waals surface area (Å²) in [4.78, 5) is 12.3. The van der Waals surface area contributed by atoms with Gasteiger partial charge in [0.15, 0.2) is 0 Å². The maximum absolute atomic E-state index is 12.3. The largest absolute Gasteiger partial charge is 0.459 e. The van der Waals surface area contributed by atoms with E-state index in [1.807, 2.05) is 37.3 Å². The van der Waals surface area contributed by atoms with Crippen molar-refractivity contribution >= 4 is 28.6 Å². The topological polar surface area (TPSA) is 81.2 Å². The Bertz CT molecular complexity index is 881. The second-order valence-corrected chi connectivity index (χ2v) is 7.93. The summed E-state index contributed by atoms with van der Waals surface area (Å²) >= 11 is 1.27. The molecular weight excluding hydrogens is 362 g/mol. The van der Waals surface area contributed by atoms with Crippen LogP contribution >= 0.6 is 11.8 Å². The van der Waals surface area contributed by atoms with Crippen molar-refractivity contribution < 1.29 is 13.6 Å². The lowest BCUT2D eigenvalue weighted by molar-refractivity contribution is -0.119. The maximum atomic E-state index is 12.3. The Kier molecular flexibility index (Phi) is 5.48. The van der Waals surface area contributed by atoms with Crippen LogP contribution in [0.5, 0.6) is 0 Å². The number of para-hydroxylation sites is 1. The zero-order valence-corrected chi connectivity index (χ0v) is 16.1. The predicted molar refractivity (Wildman–Crippen MR) is 104 cm³/mol. The van der Waals surface area contributed by atoms with E-state index in [2.05, 4.69) is 15.5 Å². The van der Waals surface area contributed by atoms with E-state index in [0.29, 0.717) is 17.0 Å². The van der Waals surface area contributed by atoms with Gasteiger partial charge in [0, 0.05) is 11.3 Å². The number of rotatable bonds is 6. The lowest BCUT2D eigenvalue weighted by Gasteiger charge is -2.17. The summed E-state index contributed by atoms with van der Waals surface area (Å²) in [5, 5.41) is 12.7. The Morgan fingerprint density at radius 2 is 2.04 bits per heavy atom. The average molecular weight is 385 g/mol. The smallest absolute Gasteiger partial charge is 0.277 e. The number of furan rings is 1. The number of fused-ring (bicyclic) bond motifs is 1. The molecule has 142 valence electrons. The second-order valence-electron chi connectivity index (χ2n) is 7.01. The predicted octanol–water partition coefficient (Wildman–Crippen LogP) is 4.83. The summed E-state index contributed by atoms with van der Waals surface area (Å²) < 4.78 is 11.5. The van der Waals surface area contributed by atoms with E-state index >= 15 is 0 Å². The van der Waals surface area contributed by atoms with E-state index in [1.165, 1.54) is 31.0 Å². The van der Waals surface area contributed by atoms with Gasteiger partial charge in [-0.15, -0.1) is 10.2 Å². The van der Waals surface area contributed by atoms with Crippen LogP contribution in [0.25, 0.3) is 11.0 Å². The number of hydrogen-bond acceptors (Lipinski definition) is 6. The van der Waals surface area contributed by atoms with Crippen molar-refractivity contribution in [1.29, 1.82) is 0 Å². The molecule has 2 heterocycles. The fourth-order valence-electron chi connectivity index (χ4n) is 3.49. The van der Waals surface area contributed by atoms with Crippen molar-refractivity contribution in [3.63, 3.8) is 0 Å². The third-order valence-corrected chi connectivity index (χ3v) is 5.77. The van der Waals surface area contributed by atoms with Gasteiger partial charge < -0.3 is 14.2 Å². The van der Waals surface area contributed by atoms with Crippen LogP contribution in [0.15, 0.2) is 44.4 Å². The first-order valence-corrected chi connectivity index (χ1v) is 10.4. The summed E-state index contributed by atoms with van der Waals surface area (Å²) in [5.74, 6) is 1.98. The van der Waals surface area contributed by atoms with Crippen molar-refractivity contribution in [3.05, 3.63) is 42.0 Å². The van der Waals surface area contributed by atoms with Crippen molar-refractivity contribution in [2.75, 3.05) is 5.75 Å². The molecule has 27 heavy (non-hydrogen) atoms. The third kappa shape index (κ3) is 4.35. The van der Waals surface area contributed by atoms with Gasteiger partial charge in [-0.05, 0) is 31.9 Å². The normalized spacial score (nSPS) is 16.5. The molecule has 0 aliphatic heterocycles. The minimum Gasteiger partial charge on any atom is -0.459 e. The van der Waals surface area contributed by atoms with Gasteiger partial charge in [-0.2, -0.15) is 0 Å². The molecule has 1 aliphatic carbocycles. The van der Waals surface area contributed by atoms with Gasteiger partial charge >= 0.3 is 0 Å². The van der Waals surface area contributed by atoms with E-state index in [-0.39, 0.29) is 17.7 Å². The van der Waals surface area contributed by atoms with Crippen molar-refractivity contribution in [1.82, 2.24) is 15.5 Å². The Labute approximate surface area is 162 Å². The summed E-state index contributed by atoms with van der Waals surface area (Å²) in [6.07, 6.45) is 5.95. The van der Waals surface area contributed by atoms with Crippen LogP contribution in [0.3, 0.4) is 0 Å². The Morgan fingerprint density at radius 1 is 1.22 bits per heavy atom. The minimum absolute atomic E-state index is 0.0922. The van der Waals surface area contributed by atoms with E-state index < -0.39 is 0 Å². The molecule has 1 atom stereocenters. The molecule has 1 amide bonds. The molecule has 6 nitrogen and oxygen atoms in total. The summed E-state index contributed by atoms with van der Waals surface area (Å²) in [6, 6.07) is 9.57. The zero-order chi connectivity index (χ0) is 18.6. The van der Waals surface area contributed by atoms with Gasteiger partial charge in [0.2, 0.25) is 11.8 Å². The number of amides is 1. The van der Waals surface area contributed by atoms with Crippen LogP contribution in [0, 0.1) is 0 Å². The number of nitrogens with one attached hydrogen (secondary N) is 1. The van der Waals surface area contributed by atoms with Gasteiger partial charge in [-0.1, -0.05) is 49.2 Å². The molecule has 1 N–H and O–H groups in total. The minimum atomic E-state index is -0.203. The molecule has 3 aromatic rings. The van der Waals surface area contributed by atoms with Gasteiger partial charge in [0.1, 0.15) is 11.3 Å². The third-order valence-electron chi connectivity index (χ3n) is 4.95. The SMILES string of the molecule is C[C@@H](NC(=O)CSc1nnc(C2CCCCC2)o1)c1cc2ccccc2o1. The van der Waals surface area contributed by atoms with Gasteiger partial charge in [-0.25, -0.2) is 0 Å². The molecule has 0 saturated heterocycles. The summed E-state index contributed by atoms with van der Waals surface area (Å²) in [7, 11) is 0. The van der Waals surface area contributed by atoms with E-state index in [0.717, 1.165) is 29.6 Å². The molecule has 0 spiro atoms. The zero-order valence-electron chi connectivity index (χ0n) is 15.3. The van der Waals surface area contributed by atoms with Crippen LogP contribution in [-0.4, -0.2) is 21.9 Å². The summed E-state index contributed by atoms with van der Waals surface area (Å²) in [6.45, 7) is 1.91. The summed E-state index contributed by atoms with van der Waals surface area (Å²) in [5.41, 5.74) is 0.823. The molecule has 1 saturated carbocycles. The number of carbonyl (C=O) groups is 1. The van der Waals surface area contributed by atoms with Crippen molar-refractivity contribution in [3.8, 4) is 0 Å². The highest BCUT2D eigenvalue weighted by Crippen LogP contribution is 2.33. The van der Waals surface area contributed by atoms with Crippen molar-refractivity contribution in [2.45, 2.75) is 56.2 Å². The first-order chi connectivity index (χ1) is 13.2. The number of thioether (sulfide) groups is 1. The van der Waals surface area contributed by atoms with Gasteiger partial charge in [-0.3, -0.25) is 4.79 Å². The van der Waals surface area contributed by atoms with Crippen LogP contribution < -0.4 is 5.32 Å². The lowest BCUT2D eigenvalue weighted by Crippen LogP contribution is -2.27. The first kappa shape index (κ1) is 18.1. The standard InChI is InChI=1S/C20H23N3O3S/c1-13(17-11-15-9-5-6-10-16(15)25-17)21-18(24)12-27-20-23-22-19(26-20)14-7-3-2-4-8-14/h5-6,9-11,13-14H,2-4,7-8,12H2,1H3,(H,21,24)/t13-/m1/s1. The Hall–Kier alpha value is -2.28. The quantitative estimate of drug-likeness (QED) is 0.612. The van der Waals surface area contributed by atoms with E-state index in [4.69, 9.17) is 8.83 Å². The Balaban J connectivity index is 1.29. The molecular formula is C20H23N3O3S. The highest BCUT2D eigenvalue weighted by atomic mass is 32.2. The molecule has 1 aliphatic rings. The molecule has 0 bridgehead atoms. The fourth-order valence-corrected chi connectivity index (χ4v) is 4.07. The van der Waals surface area contributed by atoms with Gasteiger partial charge in [0.25, 0.3) is 5.22 Å². The average Bonchev–Trinajstić information content (AvgIpc) is 3.34. The number of nitrogens with zero attached hydrogens (tertiary/aromatic N) is 2. The number of hydrogen-bond donors (Lipinski definition) is 1. The van der Waals surface area contributed by atoms with Gasteiger partial charge in [0.05, 0.1) is 11.8 Å². The maximum Gasteiger partial charge on any atom is 0.277 e. The molecule has 7 heteroatoms. The van der Waals surface area contributed by atoms with E-state index in [1.54, 1.807) is 0 Å². The monoisotopic (exact) mass is 385 g/mol. The Morgan fingerprint density at radius 3 is 2.85 bits per heavy atom. The van der Waals surface area contributed by atoms with Crippen molar-refractivity contribution in [2.24, 2.45) is 0 Å². The van der Waals surface area contributed by atoms with Crippen LogP contribution in [0.2, 0.25) is 0 Å². The molecule has 0 radical (unpaired) electrons. The highest BCUT2D eigenvalue weighted by molar-refractivity contribution is 7.99. The molecule has 0 unspecified atom stereocenters. The number of carbonyl (C=O) groups excluding carboxylic acids is 1. The van der Waals surface area contributed by atoms with Crippen LogP contribution in [0.4, 0.5) is 0 Å². The number of aromatic nitrogens is 2. The molecule has 1 fully saturated rings. The molecule has 2 aromatic heterocycles. The van der Waals surface area contributed by atoms with Crippen LogP contribution in [0.1, 0.15) is 62.6 Å². The van der Waals surface area contributed by atoms with E-state index in [9.17, 15) is 4.79 Å². The molecule has 1 aromatic carbocycles. The highest BCUT2D eigenvalue weighted by Gasteiger charge is 2.22.